The van der Waals surface area contributed by atoms with E-state index in [9.17, 15) is 9.59 Å². The Morgan fingerprint density at radius 3 is 2.38 bits per heavy atom. The van der Waals surface area contributed by atoms with Gasteiger partial charge < -0.3 is 10.4 Å². The maximum atomic E-state index is 12.3. The predicted molar refractivity (Wildman–Crippen MR) is 86.6 cm³/mol. The van der Waals surface area contributed by atoms with Crippen LogP contribution in [0.2, 0.25) is 0 Å². The number of hydrogen-bond donors (Lipinski definition) is 2. The first kappa shape index (κ1) is 17.6. The lowest BCUT2D eigenvalue weighted by Crippen LogP contribution is -2.49. The van der Waals surface area contributed by atoms with E-state index < -0.39 is 11.5 Å². The van der Waals surface area contributed by atoms with Crippen LogP contribution in [0.15, 0.2) is 30.6 Å². The average molecular weight is 331 g/mol. The molecular weight excluding hydrogens is 310 g/mol. The summed E-state index contributed by atoms with van der Waals surface area (Å²) in [6, 6.07) is 7.30. The van der Waals surface area contributed by atoms with Crippen LogP contribution >= 0.6 is 0 Å². The van der Waals surface area contributed by atoms with Crippen LogP contribution < -0.4 is 5.32 Å². The standard InChI is InChI=1S/C16H21N5O3/c1-3-16(4-2,10-15(23)24)18-14(22)9-12-5-7-13(8-6-12)21-11-17-19-20-21/h5-8,11H,3-4,9-10H2,1-2H3,(H,18,22)(H,23,24). The number of tetrazole rings is 1. The fourth-order valence-corrected chi connectivity index (χ4v) is 2.58. The molecule has 0 saturated heterocycles. The van der Waals surface area contributed by atoms with E-state index in [-0.39, 0.29) is 18.7 Å². The fraction of sp³-hybridized carbons (Fsp3) is 0.438. The van der Waals surface area contributed by atoms with Crippen molar-refractivity contribution in [2.24, 2.45) is 0 Å². The van der Waals surface area contributed by atoms with E-state index in [4.69, 9.17) is 5.11 Å². The summed E-state index contributed by atoms with van der Waals surface area (Å²) in [5, 5.41) is 22.9. The fourth-order valence-electron chi connectivity index (χ4n) is 2.58. The van der Waals surface area contributed by atoms with Gasteiger partial charge in [0.05, 0.1) is 18.5 Å². The van der Waals surface area contributed by atoms with Gasteiger partial charge in [0.15, 0.2) is 0 Å². The van der Waals surface area contributed by atoms with Gasteiger partial charge in [-0.25, -0.2) is 4.68 Å². The van der Waals surface area contributed by atoms with Gasteiger partial charge in [0, 0.05) is 5.54 Å². The molecule has 2 aromatic rings. The van der Waals surface area contributed by atoms with Crippen molar-refractivity contribution in [2.45, 2.75) is 45.1 Å². The molecule has 0 aliphatic rings. The second-order valence-electron chi connectivity index (χ2n) is 5.70. The van der Waals surface area contributed by atoms with E-state index in [1.54, 1.807) is 0 Å². The van der Waals surface area contributed by atoms with Gasteiger partial charge in [-0.3, -0.25) is 9.59 Å². The highest BCUT2D eigenvalue weighted by molar-refractivity contribution is 5.80. The lowest BCUT2D eigenvalue weighted by molar-refractivity contribution is -0.139. The molecule has 1 aromatic carbocycles. The second-order valence-corrected chi connectivity index (χ2v) is 5.70. The number of benzene rings is 1. The van der Waals surface area contributed by atoms with E-state index in [1.807, 2.05) is 38.1 Å². The molecule has 2 N–H and O–H groups in total. The lowest BCUT2D eigenvalue weighted by Gasteiger charge is -2.31. The average Bonchev–Trinajstić information content (AvgIpc) is 3.08. The van der Waals surface area contributed by atoms with Crippen LogP contribution in [0.3, 0.4) is 0 Å². The van der Waals surface area contributed by atoms with Crippen molar-refractivity contribution in [3.8, 4) is 5.69 Å². The van der Waals surface area contributed by atoms with Crippen molar-refractivity contribution in [3.05, 3.63) is 36.2 Å². The number of carbonyl (C=O) groups is 2. The van der Waals surface area contributed by atoms with Crippen molar-refractivity contribution in [2.75, 3.05) is 0 Å². The molecular formula is C16H21N5O3. The first-order valence-corrected chi connectivity index (χ1v) is 7.83. The Morgan fingerprint density at radius 2 is 1.88 bits per heavy atom. The minimum absolute atomic E-state index is 0.0794. The van der Waals surface area contributed by atoms with Crippen molar-refractivity contribution < 1.29 is 14.7 Å². The third-order valence-electron chi connectivity index (χ3n) is 4.16. The van der Waals surface area contributed by atoms with Crippen LogP contribution in [-0.4, -0.2) is 42.7 Å². The molecule has 0 saturated carbocycles. The summed E-state index contributed by atoms with van der Waals surface area (Å²) < 4.78 is 1.52. The van der Waals surface area contributed by atoms with Crippen LogP contribution in [0.4, 0.5) is 0 Å². The number of aliphatic carboxylic acids is 1. The molecule has 1 aromatic heterocycles. The third kappa shape index (κ3) is 4.37. The van der Waals surface area contributed by atoms with Crippen molar-refractivity contribution in [1.29, 1.82) is 0 Å². The van der Waals surface area contributed by atoms with Gasteiger partial charge in [0.25, 0.3) is 0 Å². The molecule has 0 aliphatic heterocycles. The molecule has 0 aliphatic carbocycles. The molecule has 1 amide bonds. The highest BCUT2D eigenvalue weighted by Gasteiger charge is 2.30. The second kappa shape index (κ2) is 7.67. The number of rotatable bonds is 8. The topological polar surface area (TPSA) is 110 Å². The van der Waals surface area contributed by atoms with Crippen molar-refractivity contribution >= 4 is 11.9 Å². The highest BCUT2D eigenvalue weighted by atomic mass is 16.4. The van der Waals surface area contributed by atoms with Gasteiger partial charge in [0.1, 0.15) is 6.33 Å². The number of nitrogens with one attached hydrogen (secondary N) is 1. The van der Waals surface area contributed by atoms with Gasteiger partial charge in [0.2, 0.25) is 5.91 Å². The molecule has 0 atom stereocenters. The molecule has 0 unspecified atom stereocenters. The van der Waals surface area contributed by atoms with Crippen LogP contribution in [0.25, 0.3) is 5.69 Å². The lowest BCUT2D eigenvalue weighted by atomic mass is 9.88. The Balaban J connectivity index is 2.02. The number of hydrogen-bond acceptors (Lipinski definition) is 5. The molecule has 0 bridgehead atoms. The Morgan fingerprint density at radius 1 is 1.21 bits per heavy atom. The molecule has 0 fully saturated rings. The number of nitrogens with zero attached hydrogens (tertiary/aromatic N) is 4. The SMILES string of the molecule is CCC(CC)(CC(=O)O)NC(=O)Cc1ccc(-n2cnnn2)cc1. The number of carbonyl (C=O) groups excluding carboxylic acids is 1. The molecule has 0 radical (unpaired) electrons. The van der Waals surface area contributed by atoms with Gasteiger partial charge in [-0.15, -0.1) is 5.10 Å². The minimum atomic E-state index is -0.912. The smallest absolute Gasteiger partial charge is 0.305 e. The Kier molecular flexibility index (Phi) is 5.62. The third-order valence-corrected chi connectivity index (χ3v) is 4.16. The minimum Gasteiger partial charge on any atom is -0.481 e. The maximum absolute atomic E-state index is 12.3. The molecule has 128 valence electrons. The molecule has 2 rings (SSSR count). The van der Waals surface area contributed by atoms with Gasteiger partial charge >= 0.3 is 5.97 Å². The summed E-state index contributed by atoms with van der Waals surface area (Å²) in [5.41, 5.74) is 0.933. The van der Waals surface area contributed by atoms with Crippen molar-refractivity contribution in [1.82, 2.24) is 25.5 Å². The molecule has 8 nitrogen and oxygen atoms in total. The summed E-state index contributed by atoms with van der Waals surface area (Å²) in [6.07, 6.45) is 2.74. The Hall–Kier alpha value is -2.77. The zero-order valence-corrected chi connectivity index (χ0v) is 13.8. The van der Waals surface area contributed by atoms with Gasteiger partial charge in [-0.1, -0.05) is 26.0 Å². The Labute approximate surface area is 139 Å². The number of carboxylic acids is 1. The van der Waals surface area contributed by atoms with E-state index >= 15 is 0 Å². The van der Waals surface area contributed by atoms with E-state index in [1.165, 1.54) is 11.0 Å². The maximum Gasteiger partial charge on any atom is 0.305 e. The first-order chi connectivity index (χ1) is 11.5. The predicted octanol–water partition coefficient (Wildman–Crippen LogP) is 1.35. The van der Waals surface area contributed by atoms with E-state index in [2.05, 4.69) is 20.8 Å². The summed E-state index contributed by atoms with van der Waals surface area (Å²) in [6.45, 7) is 3.77. The molecule has 1 heterocycles. The van der Waals surface area contributed by atoms with Crippen LogP contribution in [0.1, 0.15) is 38.7 Å². The molecule has 8 heteroatoms. The zero-order valence-electron chi connectivity index (χ0n) is 13.8. The van der Waals surface area contributed by atoms with Crippen LogP contribution in [0, 0.1) is 0 Å². The van der Waals surface area contributed by atoms with Gasteiger partial charge in [-0.05, 0) is 41.0 Å². The van der Waals surface area contributed by atoms with Gasteiger partial charge in [-0.2, -0.15) is 0 Å². The normalized spacial score (nSPS) is 11.2. The monoisotopic (exact) mass is 331 g/mol. The largest absolute Gasteiger partial charge is 0.481 e. The van der Waals surface area contributed by atoms with Crippen LogP contribution in [-0.2, 0) is 16.0 Å². The summed E-state index contributed by atoms with van der Waals surface area (Å²) in [5.74, 6) is -1.10. The van der Waals surface area contributed by atoms with Crippen LogP contribution in [0.5, 0.6) is 0 Å². The summed E-state index contributed by atoms with van der Waals surface area (Å²) >= 11 is 0. The number of carboxylic acid groups (broad SMARTS) is 1. The summed E-state index contributed by atoms with van der Waals surface area (Å²) in [7, 11) is 0. The first-order valence-electron chi connectivity index (χ1n) is 7.83. The highest BCUT2D eigenvalue weighted by Crippen LogP contribution is 2.20. The zero-order chi connectivity index (χ0) is 17.6. The molecule has 24 heavy (non-hydrogen) atoms. The Bertz CT molecular complexity index is 678. The van der Waals surface area contributed by atoms with Crippen molar-refractivity contribution in [3.63, 3.8) is 0 Å². The van der Waals surface area contributed by atoms with E-state index in [0.29, 0.717) is 12.8 Å². The van der Waals surface area contributed by atoms with E-state index in [0.717, 1.165) is 11.3 Å². The number of aromatic nitrogens is 4. The molecule has 0 spiro atoms. The quantitative estimate of drug-likeness (QED) is 0.755. The summed E-state index contributed by atoms with van der Waals surface area (Å²) in [4.78, 5) is 23.4. The number of amides is 1.